The summed E-state index contributed by atoms with van der Waals surface area (Å²) in [7, 11) is 0. The fourth-order valence-electron chi connectivity index (χ4n) is 3.31. The van der Waals surface area contributed by atoms with E-state index in [9.17, 15) is 9.59 Å². The van der Waals surface area contributed by atoms with Gasteiger partial charge in [0.25, 0.3) is 5.91 Å². The van der Waals surface area contributed by atoms with Crippen LogP contribution in [0.3, 0.4) is 0 Å². The van der Waals surface area contributed by atoms with Crippen LogP contribution < -0.4 is 4.74 Å². The molecule has 0 atom stereocenters. The molecule has 4 heteroatoms. The lowest BCUT2D eigenvalue weighted by atomic mass is 10.0. The van der Waals surface area contributed by atoms with Crippen molar-refractivity contribution in [3.05, 3.63) is 64.8 Å². The predicted molar refractivity (Wildman–Crippen MR) is 103 cm³/mol. The highest BCUT2D eigenvalue weighted by atomic mass is 16.5. The summed E-state index contributed by atoms with van der Waals surface area (Å²) < 4.78 is 7.46. The SMILES string of the molecule is Cc1ccc(C(C)C)c(OCC(=O)n2c(C)c(C=O)c3ccccc32)c1. The van der Waals surface area contributed by atoms with E-state index in [4.69, 9.17) is 4.74 Å². The third-order valence-corrected chi connectivity index (χ3v) is 4.67. The number of carbonyl (C=O) groups excluding carboxylic acids is 2. The fraction of sp³-hybridized carbons (Fsp3) is 0.273. The molecule has 0 saturated carbocycles. The fourth-order valence-corrected chi connectivity index (χ4v) is 3.31. The van der Waals surface area contributed by atoms with E-state index in [0.717, 1.165) is 34.1 Å². The molecule has 0 N–H and O–H groups in total. The van der Waals surface area contributed by atoms with Gasteiger partial charge in [0.15, 0.2) is 12.9 Å². The van der Waals surface area contributed by atoms with E-state index < -0.39 is 0 Å². The number of carbonyl (C=O) groups is 2. The number of aryl methyl sites for hydroxylation is 1. The molecule has 3 aromatic rings. The van der Waals surface area contributed by atoms with Gasteiger partial charge in [0.1, 0.15) is 5.75 Å². The van der Waals surface area contributed by atoms with E-state index >= 15 is 0 Å². The summed E-state index contributed by atoms with van der Waals surface area (Å²) in [6, 6.07) is 13.5. The van der Waals surface area contributed by atoms with E-state index in [-0.39, 0.29) is 12.5 Å². The summed E-state index contributed by atoms with van der Waals surface area (Å²) in [6.45, 7) is 7.90. The molecule has 0 bridgehead atoms. The first-order valence-electron chi connectivity index (χ1n) is 8.75. The second-order valence-electron chi connectivity index (χ2n) is 6.85. The van der Waals surface area contributed by atoms with Crippen molar-refractivity contribution >= 4 is 23.1 Å². The number of para-hydroxylation sites is 1. The van der Waals surface area contributed by atoms with Crippen LogP contribution in [-0.4, -0.2) is 23.4 Å². The zero-order valence-electron chi connectivity index (χ0n) is 15.6. The first-order valence-corrected chi connectivity index (χ1v) is 8.75. The topological polar surface area (TPSA) is 48.3 Å². The predicted octanol–water partition coefficient (Wildman–Crippen LogP) is 4.91. The van der Waals surface area contributed by atoms with Gasteiger partial charge in [-0.05, 0) is 43.0 Å². The van der Waals surface area contributed by atoms with Gasteiger partial charge in [0.2, 0.25) is 0 Å². The van der Waals surface area contributed by atoms with Crippen LogP contribution in [0.25, 0.3) is 10.9 Å². The van der Waals surface area contributed by atoms with Crippen molar-refractivity contribution in [3.8, 4) is 5.75 Å². The van der Waals surface area contributed by atoms with E-state index in [1.165, 1.54) is 0 Å². The Balaban J connectivity index is 1.93. The first-order chi connectivity index (χ1) is 12.4. The van der Waals surface area contributed by atoms with Crippen molar-refractivity contribution in [1.29, 1.82) is 0 Å². The van der Waals surface area contributed by atoms with Gasteiger partial charge in [0.05, 0.1) is 5.52 Å². The van der Waals surface area contributed by atoms with Gasteiger partial charge in [-0.3, -0.25) is 14.2 Å². The third-order valence-electron chi connectivity index (χ3n) is 4.67. The number of hydrogen-bond donors (Lipinski definition) is 0. The van der Waals surface area contributed by atoms with Crippen LogP contribution in [0.4, 0.5) is 0 Å². The van der Waals surface area contributed by atoms with Crippen LogP contribution in [0.15, 0.2) is 42.5 Å². The molecule has 0 saturated heterocycles. The number of ether oxygens (including phenoxy) is 1. The molecule has 0 aliphatic rings. The number of nitrogens with zero attached hydrogens (tertiary/aromatic N) is 1. The number of benzene rings is 2. The molecule has 134 valence electrons. The Morgan fingerprint density at radius 1 is 1.15 bits per heavy atom. The van der Waals surface area contributed by atoms with Crippen LogP contribution in [-0.2, 0) is 0 Å². The lowest BCUT2D eigenvalue weighted by molar-refractivity contribution is 0.0840. The Bertz CT molecular complexity index is 982. The lowest BCUT2D eigenvalue weighted by Crippen LogP contribution is -2.21. The summed E-state index contributed by atoms with van der Waals surface area (Å²) in [4.78, 5) is 24.3. The number of hydrogen-bond acceptors (Lipinski definition) is 3. The van der Waals surface area contributed by atoms with Crippen molar-refractivity contribution in [2.75, 3.05) is 6.61 Å². The normalized spacial score (nSPS) is 11.1. The van der Waals surface area contributed by atoms with E-state index in [1.54, 1.807) is 11.5 Å². The second-order valence-corrected chi connectivity index (χ2v) is 6.85. The minimum Gasteiger partial charge on any atom is -0.483 e. The maximum Gasteiger partial charge on any atom is 0.269 e. The summed E-state index contributed by atoms with van der Waals surface area (Å²) in [5, 5.41) is 0.784. The maximum absolute atomic E-state index is 12.9. The molecule has 0 unspecified atom stereocenters. The number of aldehydes is 1. The Hall–Kier alpha value is -2.88. The molecule has 4 nitrogen and oxygen atoms in total. The quantitative estimate of drug-likeness (QED) is 0.615. The standard InChI is InChI=1S/C22H23NO3/c1-14(2)17-10-9-15(3)11-21(17)26-13-22(25)23-16(4)19(12-24)18-7-5-6-8-20(18)23/h5-12,14H,13H2,1-4H3. The van der Waals surface area contributed by atoms with Gasteiger partial charge in [-0.25, -0.2) is 0 Å². The summed E-state index contributed by atoms with van der Waals surface area (Å²) in [6.07, 6.45) is 0.805. The average Bonchev–Trinajstić information content (AvgIpc) is 2.90. The van der Waals surface area contributed by atoms with Crippen molar-refractivity contribution in [2.45, 2.75) is 33.6 Å². The Morgan fingerprint density at radius 3 is 2.58 bits per heavy atom. The number of rotatable bonds is 5. The Morgan fingerprint density at radius 2 is 1.88 bits per heavy atom. The van der Waals surface area contributed by atoms with Crippen LogP contribution in [0.5, 0.6) is 5.75 Å². The van der Waals surface area contributed by atoms with E-state index in [0.29, 0.717) is 17.2 Å². The molecule has 2 aromatic carbocycles. The summed E-state index contributed by atoms with van der Waals surface area (Å²) in [5.41, 5.74) is 4.08. The Kier molecular flexibility index (Phi) is 4.94. The molecular weight excluding hydrogens is 326 g/mol. The molecule has 1 aromatic heterocycles. The van der Waals surface area contributed by atoms with E-state index in [1.807, 2.05) is 49.4 Å². The molecule has 26 heavy (non-hydrogen) atoms. The summed E-state index contributed by atoms with van der Waals surface area (Å²) in [5.74, 6) is 0.845. The van der Waals surface area contributed by atoms with Crippen molar-refractivity contribution < 1.29 is 14.3 Å². The minimum atomic E-state index is -0.192. The molecule has 0 fully saturated rings. The second kappa shape index (κ2) is 7.16. The van der Waals surface area contributed by atoms with Crippen LogP contribution >= 0.6 is 0 Å². The highest BCUT2D eigenvalue weighted by Gasteiger charge is 2.19. The average molecular weight is 349 g/mol. The van der Waals surface area contributed by atoms with Crippen molar-refractivity contribution in [2.24, 2.45) is 0 Å². The van der Waals surface area contributed by atoms with Gasteiger partial charge >= 0.3 is 0 Å². The zero-order chi connectivity index (χ0) is 18.8. The van der Waals surface area contributed by atoms with Crippen LogP contribution in [0, 0.1) is 13.8 Å². The lowest BCUT2D eigenvalue weighted by Gasteiger charge is -2.15. The highest BCUT2D eigenvalue weighted by Crippen LogP contribution is 2.28. The van der Waals surface area contributed by atoms with Gasteiger partial charge in [-0.1, -0.05) is 44.2 Å². The van der Waals surface area contributed by atoms with E-state index in [2.05, 4.69) is 13.8 Å². The monoisotopic (exact) mass is 349 g/mol. The zero-order valence-corrected chi connectivity index (χ0v) is 15.6. The molecule has 3 rings (SSSR count). The molecule has 0 aliphatic heterocycles. The first kappa shape index (κ1) is 17.9. The van der Waals surface area contributed by atoms with Gasteiger partial charge in [-0.15, -0.1) is 0 Å². The molecule has 0 amide bonds. The van der Waals surface area contributed by atoms with Crippen molar-refractivity contribution in [1.82, 2.24) is 4.57 Å². The smallest absolute Gasteiger partial charge is 0.269 e. The number of aromatic nitrogens is 1. The number of fused-ring (bicyclic) bond motifs is 1. The Labute approximate surface area is 153 Å². The van der Waals surface area contributed by atoms with Crippen LogP contribution in [0.2, 0.25) is 0 Å². The molecule has 0 spiro atoms. The third kappa shape index (κ3) is 3.15. The molecular formula is C22H23NO3. The van der Waals surface area contributed by atoms with Crippen molar-refractivity contribution in [3.63, 3.8) is 0 Å². The largest absolute Gasteiger partial charge is 0.483 e. The molecule has 1 heterocycles. The van der Waals surface area contributed by atoms with Crippen LogP contribution in [0.1, 0.15) is 51.7 Å². The van der Waals surface area contributed by atoms with Gasteiger partial charge < -0.3 is 4.74 Å². The maximum atomic E-state index is 12.9. The highest BCUT2D eigenvalue weighted by molar-refractivity contribution is 6.04. The van der Waals surface area contributed by atoms with Gasteiger partial charge in [-0.2, -0.15) is 0 Å². The molecule has 0 aliphatic carbocycles. The summed E-state index contributed by atoms with van der Waals surface area (Å²) >= 11 is 0. The molecule has 0 radical (unpaired) electrons. The van der Waals surface area contributed by atoms with Gasteiger partial charge in [0, 0.05) is 16.6 Å². The minimum absolute atomic E-state index is 0.0824.